The van der Waals surface area contributed by atoms with Crippen molar-refractivity contribution in [2.24, 2.45) is 0 Å². The monoisotopic (exact) mass is 346 g/mol. The Labute approximate surface area is 153 Å². The molecule has 5 nitrogen and oxygen atoms in total. The summed E-state index contributed by atoms with van der Waals surface area (Å²) in [5, 5.41) is 5.34. The number of benzene rings is 2. The molecule has 3 aromatic rings. The van der Waals surface area contributed by atoms with Crippen LogP contribution in [0.4, 0.5) is 10.5 Å². The Hall–Kier alpha value is -2.92. The predicted molar refractivity (Wildman–Crippen MR) is 104 cm³/mol. The van der Waals surface area contributed by atoms with Crippen LogP contribution in [0.2, 0.25) is 0 Å². The molecule has 26 heavy (non-hydrogen) atoms. The molecule has 0 unspecified atom stereocenters. The van der Waals surface area contributed by atoms with Crippen LogP contribution in [-0.2, 0) is 6.54 Å². The van der Waals surface area contributed by atoms with Gasteiger partial charge in [-0.3, -0.25) is 9.88 Å². The second-order valence-corrected chi connectivity index (χ2v) is 6.61. The molecule has 0 saturated carbocycles. The summed E-state index contributed by atoms with van der Waals surface area (Å²) in [6, 6.07) is 18.2. The molecule has 2 aromatic carbocycles. The van der Waals surface area contributed by atoms with E-state index in [1.165, 1.54) is 10.9 Å². The lowest BCUT2D eigenvalue weighted by Gasteiger charge is -2.34. The zero-order valence-corrected chi connectivity index (χ0v) is 14.6. The Kier molecular flexibility index (Phi) is 4.80. The molecule has 1 N–H and O–H groups in total. The van der Waals surface area contributed by atoms with Crippen LogP contribution in [0, 0.1) is 0 Å². The number of hydrogen-bond acceptors (Lipinski definition) is 3. The lowest BCUT2D eigenvalue weighted by atomic mass is 10.1. The van der Waals surface area contributed by atoms with E-state index in [2.05, 4.69) is 27.3 Å². The van der Waals surface area contributed by atoms with Crippen molar-refractivity contribution in [1.82, 2.24) is 14.8 Å². The molecule has 1 saturated heterocycles. The van der Waals surface area contributed by atoms with Gasteiger partial charge in [0.25, 0.3) is 0 Å². The molecule has 0 atom stereocenters. The van der Waals surface area contributed by atoms with Gasteiger partial charge in [0, 0.05) is 50.8 Å². The van der Waals surface area contributed by atoms with Gasteiger partial charge in [-0.15, -0.1) is 0 Å². The predicted octanol–water partition coefficient (Wildman–Crippen LogP) is 3.58. The summed E-state index contributed by atoms with van der Waals surface area (Å²) in [5.74, 6) is 0. The highest BCUT2D eigenvalue weighted by molar-refractivity contribution is 5.93. The highest BCUT2D eigenvalue weighted by Gasteiger charge is 2.21. The van der Waals surface area contributed by atoms with E-state index in [1.54, 1.807) is 0 Å². The summed E-state index contributed by atoms with van der Waals surface area (Å²) >= 11 is 0. The number of fused-ring (bicyclic) bond motifs is 1. The van der Waals surface area contributed by atoms with Crippen LogP contribution >= 0.6 is 0 Å². The van der Waals surface area contributed by atoms with E-state index in [1.807, 2.05) is 59.8 Å². The Morgan fingerprint density at radius 3 is 2.42 bits per heavy atom. The van der Waals surface area contributed by atoms with Gasteiger partial charge in [-0.2, -0.15) is 0 Å². The number of anilines is 1. The maximum absolute atomic E-state index is 12.6. The number of pyridine rings is 1. The third kappa shape index (κ3) is 3.83. The van der Waals surface area contributed by atoms with Crippen molar-refractivity contribution in [3.05, 3.63) is 72.6 Å². The molecule has 0 bridgehead atoms. The highest BCUT2D eigenvalue weighted by atomic mass is 16.2. The molecular formula is C21H22N4O. The van der Waals surface area contributed by atoms with Gasteiger partial charge in [-0.1, -0.05) is 30.3 Å². The molecular weight excluding hydrogens is 324 g/mol. The fraction of sp³-hybridized carbons (Fsp3) is 0.238. The normalized spacial score (nSPS) is 15.2. The van der Waals surface area contributed by atoms with Gasteiger partial charge in [0.05, 0.1) is 0 Å². The minimum Gasteiger partial charge on any atom is -0.322 e. The zero-order chi connectivity index (χ0) is 17.8. The quantitative estimate of drug-likeness (QED) is 0.788. The number of amides is 2. The molecule has 5 heteroatoms. The molecule has 2 amide bonds. The average molecular weight is 346 g/mol. The molecule has 2 heterocycles. The van der Waals surface area contributed by atoms with Crippen LogP contribution in [0.5, 0.6) is 0 Å². The number of carbonyl (C=O) groups is 1. The van der Waals surface area contributed by atoms with Crippen LogP contribution in [-0.4, -0.2) is 47.0 Å². The molecule has 1 aliphatic heterocycles. The second kappa shape index (κ2) is 7.54. The van der Waals surface area contributed by atoms with E-state index in [9.17, 15) is 4.79 Å². The van der Waals surface area contributed by atoms with Crippen molar-refractivity contribution in [3.8, 4) is 0 Å². The molecule has 1 fully saturated rings. The second-order valence-electron chi connectivity index (χ2n) is 6.61. The molecule has 1 aliphatic rings. The highest BCUT2D eigenvalue weighted by Crippen LogP contribution is 2.19. The summed E-state index contributed by atoms with van der Waals surface area (Å²) in [7, 11) is 0. The molecule has 0 aliphatic carbocycles. The van der Waals surface area contributed by atoms with Gasteiger partial charge >= 0.3 is 6.03 Å². The average Bonchev–Trinajstić information content (AvgIpc) is 2.69. The molecule has 4 rings (SSSR count). The summed E-state index contributed by atoms with van der Waals surface area (Å²) in [6.45, 7) is 4.15. The largest absolute Gasteiger partial charge is 0.322 e. The van der Waals surface area contributed by atoms with Crippen LogP contribution < -0.4 is 5.32 Å². The lowest BCUT2D eigenvalue weighted by Crippen LogP contribution is -2.49. The Bertz CT molecular complexity index is 889. The van der Waals surface area contributed by atoms with E-state index >= 15 is 0 Å². The number of aromatic nitrogens is 1. The minimum atomic E-state index is -0.0242. The fourth-order valence-corrected chi connectivity index (χ4v) is 3.33. The Balaban J connectivity index is 1.33. The van der Waals surface area contributed by atoms with E-state index in [4.69, 9.17) is 0 Å². The van der Waals surface area contributed by atoms with Crippen LogP contribution in [0.25, 0.3) is 10.8 Å². The van der Waals surface area contributed by atoms with Crippen LogP contribution in [0.15, 0.2) is 67.0 Å². The summed E-state index contributed by atoms with van der Waals surface area (Å²) in [4.78, 5) is 20.9. The van der Waals surface area contributed by atoms with Gasteiger partial charge in [0.1, 0.15) is 0 Å². The minimum absolute atomic E-state index is 0.0242. The smallest absolute Gasteiger partial charge is 0.321 e. The van der Waals surface area contributed by atoms with Gasteiger partial charge < -0.3 is 10.2 Å². The van der Waals surface area contributed by atoms with Crippen molar-refractivity contribution in [2.75, 3.05) is 31.5 Å². The van der Waals surface area contributed by atoms with Crippen molar-refractivity contribution in [2.45, 2.75) is 6.54 Å². The summed E-state index contributed by atoms with van der Waals surface area (Å²) in [5.41, 5.74) is 2.10. The van der Waals surface area contributed by atoms with Crippen molar-refractivity contribution in [1.29, 1.82) is 0 Å². The number of urea groups is 1. The van der Waals surface area contributed by atoms with E-state index < -0.39 is 0 Å². The van der Waals surface area contributed by atoms with Gasteiger partial charge in [-0.25, -0.2) is 4.79 Å². The van der Waals surface area contributed by atoms with Crippen LogP contribution in [0.3, 0.4) is 0 Å². The molecule has 0 spiro atoms. The standard InChI is InChI=1S/C21H22N4O/c26-21(23-20-6-5-18-3-1-2-4-19(18)15-20)25-13-11-24(12-14-25)16-17-7-9-22-10-8-17/h1-10,15H,11-14,16H2,(H,23,26). The first-order valence-corrected chi connectivity index (χ1v) is 8.94. The number of carbonyl (C=O) groups excluding carboxylic acids is 1. The topological polar surface area (TPSA) is 48.5 Å². The molecule has 1 aromatic heterocycles. The molecule has 0 radical (unpaired) electrons. The number of rotatable bonds is 3. The van der Waals surface area contributed by atoms with E-state index in [0.29, 0.717) is 0 Å². The first-order chi connectivity index (χ1) is 12.8. The number of nitrogens with zero attached hydrogens (tertiary/aromatic N) is 3. The Morgan fingerprint density at radius 2 is 1.65 bits per heavy atom. The van der Waals surface area contributed by atoms with E-state index in [0.717, 1.165) is 43.8 Å². The number of nitrogens with one attached hydrogen (secondary N) is 1. The van der Waals surface area contributed by atoms with E-state index in [-0.39, 0.29) is 6.03 Å². The van der Waals surface area contributed by atoms with Gasteiger partial charge in [0.15, 0.2) is 0 Å². The van der Waals surface area contributed by atoms with Gasteiger partial charge in [0.2, 0.25) is 0 Å². The van der Waals surface area contributed by atoms with Crippen molar-refractivity contribution >= 4 is 22.5 Å². The Morgan fingerprint density at radius 1 is 0.923 bits per heavy atom. The maximum Gasteiger partial charge on any atom is 0.321 e. The third-order valence-electron chi connectivity index (χ3n) is 4.82. The van der Waals surface area contributed by atoms with Crippen LogP contribution in [0.1, 0.15) is 5.56 Å². The fourth-order valence-electron chi connectivity index (χ4n) is 3.33. The SMILES string of the molecule is O=C(Nc1ccc2ccccc2c1)N1CCN(Cc2ccncc2)CC1. The summed E-state index contributed by atoms with van der Waals surface area (Å²) in [6.07, 6.45) is 3.64. The maximum atomic E-state index is 12.6. The number of hydrogen-bond donors (Lipinski definition) is 1. The lowest BCUT2D eigenvalue weighted by molar-refractivity contribution is 0.143. The number of piperazine rings is 1. The van der Waals surface area contributed by atoms with Gasteiger partial charge in [-0.05, 0) is 40.6 Å². The molecule has 132 valence electrons. The van der Waals surface area contributed by atoms with Crippen molar-refractivity contribution < 1.29 is 4.79 Å². The van der Waals surface area contributed by atoms with Crippen molar-refractivity contribution in [3.63, 3.8) is 0 Å². The zero-order valence-electron chi connectivity index (χ0n) is 14.6. The first-order valence-electron chi connectivity index (χ1n) is 8.94. The summed E-state index contributed by atoms with van der Waals surface area (Å²) < 4.78 is 0. The first kappa shape index (κ1) is 16.5. The third-order valence-corrected chi connectivity index (χ3v) is 4.82.